The summed E-state index contributed by atoms with van der Waals surface area (Å²) in [6, 6.07) is 2.51. The van der Waals surface area contributed by atoms with Gasteiger partial charge in [0, 0.05) is 43.4 Å². The van der Waals surface area contributed by atoms with E-state index < -0.39 is 0 Å². The van der Waals surface area contributed by atoms with Crippen LogP contribution in [0.4, 0.5) is 0 Å². The highest BCUT2D eigenvalue weighted by Crippen LogP contribution is 2.45. The van der Waals surface area contributed by atoms with Crippen molar-refractivity contribution in [1.29, 1.82) is 0 Å². The largest absolute Gasteiger partial charge is 0.369 e. The Morgan fingerprint density at radius 1 is 1.41 bits per heavy atom. The summed E-state index contributed by atoms with van der Waals surface area (Å²) in [6.45, 7) is 3.63. The zero-order valence-electron chi connectivity index (χ0n) is 15.7. The molecule has 0 unspecified atom stereocenters. The molecule has 27 heavy (non-hydrogen) atoms. The third kappa shape index (κ3) is 3.32. The van der Waals surface area contributed by atoms with Gasteiger partial charge in [-0.25, -0.2) is 4.98 Å². The van der Waals surface area contributed by atoms with Gasteiger partial charge in [0.2, 0.25) is 0 Å². The number of carbonyl (C=O) groups is 1. The van der Waals surface area contributed by atoms with Crippen LogP contribution in [0, 0.1) is 0 Å². The summed E-state index contributed by atoms with van der Waals surface area (Å²) in [7, 11) is 2.05. The van der Waals surface area contributed by atoms with Crippen LogP contribution in [0.2, 0.25) is 0 Å². The highest BCUT2D eigenvalue weighted by molar-refractivity contribution is 7.14. The molecule has 1 saturated carbocycles. The van der Waals surface area contributed by atoms with Gasteiger partial charge in [-0.05, 0) is 43.7 Å². The molecule has 5 rings (SSSR count). The Morgan fingerprint density at radius 3 is 2.93 bits per heavy atom. The lowest BCUT2D eigenvalue weighted by Gasteiger charge is -2.43. The molecule has 1 saturated heterocycles. The topological polar surface area (TPSA) is 59.4 Å². The van der Waals surface area contributed by atoms with Crippen LogP contribution < -0.4 is 5.32 Å². The predicted octanol–water partition coefficient (Wildman–Crippen LogP) is 2.44. The smallest absolute Gasteiger partial charge is 0.261 e. The summed E-state index contributed by atoms with van der Waals surface area (Å²) in [5.41, 5.74) is 1.12. The molecule has 7 heteroatoms. The van der Waals surface area contributed by atoms with Crippen LogP contribution in [0.25, 0.3) is 0 Å². The molecule has 0 atom stereocenters. The number of nitrogens with zero attached hydrogens (tertiary/aromatic N) is 3. The van der Waals surface area contributed by atoms with E-state index in [0.717, 1.165) is 69.0 Å². The number of likely N-dealkylation sites (tertiary alicyclic amines) is 1. The van der Waals surface area contributed by atoms with E-state index >= 15 is 0 Å². The average Bonchev–Trinajstić information content (AvgIpc) is 3.21. The van der Waals surface area contributed by atoms with Gasteiger partial charge in [0.1, 0.15) is 11.4 Å². The van der Waals surface area contributed by atoms with Gasteiger partial charge >= 0.3 is 0 Å². The highest BCUT2D eigenvalue weighted by atomic mass is 32.1. The standard InChI is InChI=1S/C20H26N4O2S/c1-23-10-7-21-17(23)13-24-8-5-20(6-9-24)18-14(4-11-26-20)12-16(27-18)19(25)22-15-2-3-15/h7,10,12,15H,2-6,8-9,11,13H2,1H3,(H,22,25). The van der Waals surface area contributed by atoms with Crippen LogP contribution in [0.15, 0.2) is 18.5 Å². The number of thiophene rings is 1. The molecule has 1 aliphatic carbocycles. The van der Waals surface area contributed by atoms with Crippen molar-refractivity contribution in [1.82, 2.24) is 19.8 Å². The first-order chi connectivity index (χ1) is 13.1. The minimum absolute atomic E-state index is 0.0965. The van der Waals surface area contributed by atoms with Crippen molar-refractivity contribution in [3.8, 4) is 0 Å². The molecule has 0 bridgehead atoms. The van der Waals surface area contributed by atoms with Crippen LogP contribution in [0.5, 0.6) is 0 Å². The number of nitrogens with one attached hydrogen (secondary N) is 1. The summed E-state index contributed by atoms with van der Waals surface area (Å²) in [6.07, 6.45) is 8.98. The van der Waals surface area contributed by atoms with Crippen LogP contribution in [0.1, 0.15) is 51.6 Å². The molecule has 2 aromatic heterocycles. The molecular weight excluding hydrogens is 360 g/mol. The molecular formula is C20H26N4O2S. The molecule has 0 radical (unpaired) electrons. The van der Waals surface area contributed by atoms with E-state index in [4.69, 9.17) is 4.74 Å². The summed E-state index contributed by atoms with van der Waals surface area (Å²) in [5.74, 6) is 1.20. The zero-order chi connectivity index (χ0) is 18.4. The first kappa shape index (κ1) is 17.4. The Labute approximate surface area is 163 Å². The fourth-order valence-electron chi connectivity index (χ4n) is 4.21. The van der Waals surface area contributed by atoms with Crippen LogP contribution in [-0.4, -0.2) is 46.1 Å². The van der Waals surface area contributed by atoms with Crippen molar-refractivity contribution in [3.63, 3.8) is 0 Å². The van der Waals surface area contributed by atoms with E-state index in [-0.39, 0.29) is 11.5 Å². The number of piperidine rings is 1. The second-order valence-corrected chi connectivity index (χ2v) is 9.09. The number of fused-ring (bicyclic) bond motifs is 2. The number of aromatic nitrogens is 2. The lowest BCUT2D eigenvalue weighted by molar-refractivity contribution is -0.0963. The van der Waals surface area contributed by atoms with E-state index in [1.54, 1.807) is 11.3 Å². The minimum Gasteiger partial charge on any atom is -0.369 e. The van der Waals surface area contributed by atoms with E-state index in [1.165, 1.54) is 10.4 Å². The number of hydrogen-bond donors (Lipinski definition) is 1. The molecule has 0 aromatic carbocycles. The minimum atomic E-state index is -0.200. The molecule has 1 N–H and O–H groups in total. The number of carbonyl (C=O) groups excluding carboxylic acids is 1. The van der Waals surface area contributed by atoms with E-state index in [0.29, 0.717) is 6.04 Å². The van der Waals surface area contributed by atoms with Gasteiger partial charge < -0.3 is 14.6 Å². The SMILES string of the molecule is Cn1ccnc1CN1CCC2(CC1)OCCc1cc(C(=O)NC3CC3)sc12. The summed E-state index contributed by atoms with van der Waals surface area (Å²) < 4.78 is 8.44. The molecule has 2 aliphatic heterocycles. The van der Waals surface area contributed by atoms with E-state index in [1.807, 2.05) is 19.4 Å². The van der Waals surface area contributed by atoms with Gasteiger partial charge in [0.05, 0.1) is 18.0 Å². The fraction of sp³-hybridized carbons (Fsp3) is 0.600. The maximum atomic E-state index is 12.5. The number of imidazole rings is 1. The number of rotatable bonds is 4. The zero-order valence-corrected chi connectivity index (χ0v) is 16.6. The number of aryl methyl sites for hydroxylation is 1. The highest BCUT2D eigenvalue weighted by Gasteiger charge is 2.43. The lowest BCUT2D eigenvalue weighted by atomic mass is 9.85. The van der Waals surface area contributed by atoms with Crippen molar-refractivity contribution in [3.05, 3.63) is 39.6 Å². The normalized spacial score (nSPS) is 22.0. The van der Waals surface area contributed by atoms with Crippen molar-refractivity contribution in [2.75, 3.05) is 19.7 Å². The van der Waals surface area contributed by atoms with Gasteiger partial charge in [-0.2, -0.15) is 0 Å². The summed E-state index contributed by atoms with van der Waals surface area (Å²) >= 11 is 1.66. The van der Waals surface area contributed by atoms with Crippen molar-refractivity contribution >= 4 is 17.2 Å². The van der Waals surface area contributed by atoms with Gasteiger partial charge in [0.25, 0.3) is 5.91 Å². The van der Waals surface area contributed by atoms with E-state index in [2.05, 4.69) is 25.8 Å². The third-order valence-electron chi connectivity index (χ3n) is 6.06. The number of amides is 1. The Balaban J connectivity index is 1.31. The first-order valence-electron chi connectivity index (χ1n) is 9.89. The van der Waals surface area contributed by atoms with Gasteiger partial charge in [0.15, 0.2) is 0 Å². The quantitative estimate of drug-likeness (QED) is 0.877. The molecule has 3 aliphatic rings. The Morgan fingerprint density at radius 2 is 2.22 bits per heavy atom. The van der Waals surface area contributed by atoms with Gasteiger partial charge in [-0.1, -0.05) is 0 Å². The second kappa shape index (κ2) is 6.72. The fourth-order valence-corrected chi connectivity index (χ4v) is 5.52. The van der Waals surface area contributed by atoms with Crippen LogP contribution in [0.3, 0.4) is 0 Å². The summed E-state index contributed by atoms with van der Waals surface area (Å²) in [4.78, 5) is 21.5. The monoisotopic (exact) mass is 386 g/mol. The number of hydrogen-bond acceptors (Lipinski definition) is 5. The van der Waals surface area contributed by atoms with Gasteiger partial charge in [-0.15, -0.1) is 11.3 Å². The Kier molecular flexibility index (Phi) is 4.33. The Bertz CT molecular complexity index is 846. The molecule has 4 heterocycles. The first-order valence-corrected chi connectivity index (χ1v) is 10.7. The maximum Gasteiger partial charge on any atom is 0.261 e. The predicted molar refractivity (Wildman–Crippen MR) is 104 cm³/mol. The lowest BCUT2D eigenvalue weighted by Crippen LogP contribution is -2.45. The second-order valence-electron chi connectivity index (χ2n) is 8.04. The molecule has 144 valence electrons. The van der Waals surface area contributed by atoms with Crippen LogP contribution in [-0.2, 0) is 30.4 Å². The Hall–Kier alpha value is -1.70. The third-order valence-corrected chi connectivity index (χ3v) is 7.42. The van der Waals surface area contributed by atoms with E-state index in [9.17, 15) is 4.79 Å². The molecule has 6 nitrogen and oxygen atoms in total. The van der Waals surface area contributed by atoms with Gasteiger partial charge in [-0.3, -0.25) is 9.69 Å². The number of ether oxygens (including phenoxy) is 1. The molecule has 2 fully saturated rings. The van der Waals surface area contributed by atoms with Crippen molar-refractivity contribution in [2.24, 2.45) is 7.05 Å². The molecule has 1 spiro atoms. The van der Waals surface area contributed by atoms with Crippen LogP contribution >= 0.6 is 11.3 Å². The maximum absolute atomic E-state index is 12.5. The molecule has 2 aromatic rings. The average molecular weight is 387 g/mol. The summed E-state index contributed by atoms with van der Waals surface area (Å²) in [5, 5.41) is 3.12. The molecule has 1 amide bonds. The van der Waals surface area contributed by atoms with Crippen molar-refractivity contribution in [2.45, 2.75) is 50.3 Å². The van der Waals surface area contributed by atoms with Crippen molar-refractivity contribution < 1.29 is 9.53 Å².